The molecule has 14 heavy (non-hydrogen) atoms. The van der Waals surface area contributed by atoms with Crippen LogP contribution in [0.2, 0.25) is 0 Å². The van der Waals surface area contributed by atoms with E-state index in [2.05, 4.69) is 0 Å². The highest BCUT2D eigenvalue weighted by Crippen LogP contribution is 2.58. The molecule has 0 N–H and O–H groups in total. The predicted octanol–water partition coefficient (Wildman–Crippen LogP) is 4.73. The largest absolute Gasteiger partial charge is 0.200 e. The van der Waals surface area contributed by atoms with Gasteiger partial charge in [-0.25, -0.2) is 0 Å². The van der Waals surface area contributed by atoms with E-state index in [0.29, 0.717) is 47.0 Å². The minimum absolute atomic E-state index is 0.510. The maximum absolute atomic E-state index is 12.6. The standard InChI is InChI=1S/C6H2F4S4/c7-1-2(8)12-5(11-1)6-13-3(9)4(10)14-6/h5-6H. The van der Waals surface area contributed by atoms with Gasteiger partial charge in [-0.3, -0.25) is 0 Å². The molecule has 0 radical (unpaired) electrons. The molecule has 0 aromatic carbocycles. The molecule has 0 amide bonds. The summed E-state index contributed by atoms with van der Waals surface area (Å²) in [6.45, 7) is 0. The lowest BCUT2D eigenvalue weighted by Gasteiger charge is -2.12. The van der Waals surface area contributed by atoms with E-state index < -0.39 is 29.8 Å². The van der Waals surface area contributed by atoms with Crippen LogP contribution in [-0.4, -0.2) is 9.16 Å². The topological polar surface area (TPSA) is 0 Å². The zero-order valence-corrected chi connectivity index (χ0v) is 9.57. The number of rotatable bonds is 1. The minimum Gasteiger partial charge on any atom is -0.195 e. The lowest BCUT2D eigenvalue weighted by molar-refractivity contribution is 0.619. The van der Waals surface area contributed by atoms with Crippen molar-refractivity contribution >= 4 is 47.0 Å². The lowest BCUT2D eigenvalue weighted by Crippen LogP contribution is -2.07. The highest BCUT2D eigenvalue weighted by Gasteiger charge is 2.39. The van der Waals surface area contributed by atoms with Crippen LogP contribution in [0, 0.1) is 0 Å². The molecule has 2 rings (SSSR count). The maximum Gasteiger partial charge on any atom is 0.200 e. The fourth-order valence-corrected chi connectivity index (χ4v) is 5.80. The predicted molar refractivity (Wildman–Crippen MR) is 56.4 cm³/mol. The second kappa shape index (κ2) is 4.23. The van der Waals surface area contributed by atoms with Gasteiger partial charge < -0.3 is 0 Å². The summed E-state index contributed by atoms with van der Waals surface area (Å²) < 4.78 is 49.5. The first-order chi connectivity index (χ1) is 6.58. The molecular formula is C6H2F4S4. The number of hydrogen-bond acceptors (Lipinski definition) is 4. The molecule has 0 saturated heterocycles. The number of halogens is 4. The molecule has 2 aliphatic rings. The first-order valence-corrected chi connectivity index (χ1v) is 6.87. The van der Waals surface area contributed by atoms with E-state index in [1.54, 1.807) is 0 Å². The van der Waals surface area contributed by atoms with E-state index in [1.807, 2.05) is 0 Å². The SMILES string of the molecule is FC1=C(F)SC(C2SC(F)=C(F)S2)S1. The van der Waals surface area contributed by atoms with E-state index >= 15 is 0 Å². The summed E-state index contributed by atoms with van der Waals surface area (Å²) >= 11 is 2.70. The lowest BCUT2D eigenvalue weighted by atomic mass is 10.9. The summed E-state index contributed by atoms with van der Waals surface area (Å²) in [4.78, 5) is 0. The summed E-state index contributed by atoms with van der Waals surface area (Å²) in [5, 5.41) is -3.58. The van der Waals surface area contributed by atoms with Gasteiger partial charge in [-0.1, -0.05) is 47.0 Å². The summed E-state index contributed by atoms with van der Waals surface area (Å²) in [5.41, 5.74) is 0. The first kappa shape index (κ1) is 11.1. The van der Waals surface area contributed by atoms with E-state index in [-0.39, 0.29) is 0 Å². The van der Waals surface area contributed by atoms with Crippen LogP contribution in [0.5, 0.6) is 0 Å². The normalized spacial score (nSPS) is 25.7. The Morgan fingerprint density at radius 3 is 1.00 bits per heavy atom. The second-order valence-corrected chi connectivity index (χ2v) is 7.31. The van der Waals surface area contributed by atoms with Crippen LogP contribution in [0.25, 0.3) is 0 Å². The number of thioether (sulfide) groups is 4. The average molecular weight is 278 g/mol. The fourth-order valence-electron chi connectivity index (χ4n) is 0.864. The molecular weight excluding hydrogens is 276 g/mol. The zero-order chi connectivity index (χ0) is 10.3. The van der Waals surface area contributed by atoms with Crippen molar-refractivity contribution in [2.24, 2.45) is 0 Å². The second-order valence-electron chi connectivity index (χ2n) is 2.30. The molecule has 78 valence electrons. The van der Waals surface area contributed by atoms with Crippen LogP contribution < -0.4 is 0 Å². The summed E-state index contributed by atoms with van der Waals surface area (Å²) in [6.07, 6.45) is 0. The van der Waals surface area contributed by atoms with Crippen LogP contribution in [0.4, 0.5) is 17.6 Å². The fraction of sp³-hybridized carbons (Fsp3) is 0.333. The molecule has 0 aromatic rings. The highest BCUT2D eigenvalue weighted by atomic mass is 32.2. The van der Waals surface area contributed by atoms with Gasteiger partial charge in [0.2, 0.25) is 0 Å². The van der Waals surface area contributed by atoms with Gasteiger partial charge in [0.05, 0.1) is 9.16 Å². The highest BCUT2D eigenvalue weighted by molar-refractivity contribution is 8.29. The number of hydrogen-bond donors (Lipinski definition) is 0. The third kappa shape index (κ3) is 2.07. The quantitative estimate of drug-likeness (QED) is 0.636. The molecule has 0 fully saturated rings. The first-order valence-electron chi connectivity index (χ1n) is 3.35. The van der Waals surface area contributed by atoms with Crippen LogP contribution in [0.1, 0.15) is 0 Å². The molecule has 0 bridgehead atoms. The molecule has 0 saturated carbocycles. The summed E-state index contributed by atoms with van der Waals surface area (Å²) in [5.74, 6) is 0. The summed E-state index contributed by atoms with van der Waals surface area (Å²) in [7, 11) is 0. The van der Waals surface area contributed by atoms with Crippen molar-refractivity contribution < 1.29 is 17.6 Å². The van der Waals surface area contributed by atoms with Gasteiger partial charge in [0, 0.05) is 0 Å². The van der Waals surface area contributed by atoms with Crippen molar-refractivity contribution in [1.82, 2.24) is 0 Å². The van der Waals surface area contributed by atoms with Crippen molar-refractivity contribution in [1.29, 1.82) is 0 Å². The van der Waals surface area contributed by atoms with E-state index in [4.69, 9.17) is 0 Å². The summed E-state index contributed by atoms with van der Waals surface area (Å²) in [6, 6.07) is 0. The van der Waals surface area contributed by atoms with Crippen molar-refractivity contribution in [3.8, 4) is 0 Å². The van der Waals surface area contributed by atoms with E-state index in [1.165, 1.54) is 0 Å². The van der Waals surface area contributed by atoms with Crippen molar-refractivity contribution in [2.45, 2.75) is 9.16 Å². The van der Waals surface area contributed by atoms with Crippen LogP contribution in [0.3, 0.4) is 0 Å². The van der Waals surface area contributed by atoms with Crippen LogP contribution in [0.15, 0.2) is 20.6 Å². The Labute approximate surface area is 94.3 Å². The smallest absolute Gasteiger partial charge is 0.195 e. The van der Waals surface area contributed by atoms with Crippen LogP contribution in [-0.2, 0) is 0 Å². The van der Waals surface area contributed by atoms with Gasteiger partial charge in [0.25, 0.3) is 0 Å². The Morgan fingerprint density at radius 1 is 0.571 bits per heavy atom. The zero-order valence-electron chi connectivity index (χ0n) is 6.30. The van der Waals surface area contributed by atoms with Gasteiger partial charge in [-0.15, -0.1) is 0 Å². The van der Waals surface area contributed by atoms with Gasteiger partial charge in [-0.2, -0.15) is 17.6 Å². The Kier molecular flexibility index (Phi) is 3.35. The molecule has 0 aromatic heterocycles. The molecule has 0 nitrogen and oxygen atoms in total. The maximum atomic E-state index is 12.6. The third-order valence-corrected chi connectivity index (χ3v) is 7.07. The monoisotopic (exact) mass is 278 g/mol. The molecule has 0 atom stereocenters. The Balaban J connectivity index is 1.96. The van der Waals surface area contributed by atoms with Gasteiger partial charge in [-0.05, 0) is 0 Å². The molecule has 8 heteroatoms. The molecule has 0 spiro atoms. The Bertz CT molecular complexity index is 266. The molecule has 2 heterocycles. The Morgan fingerprint density at radius 2 is 0.786 bits per heavy atom. The third-order valence-electron chi connectivity index (χ3n) is 1.41. The molecule has 0 aliphatic carbocycles. The average Bonchev–Trinajstić information content (AvgIpc) is 2.60. The van der Waals surface area contributed by atoms with Gasteiger partial charge in [0.15, 0.2) is 20.6 Å². The van der Waals surface area contributed by atoms with E-state index in [9.17, 15) is 17.6 Å². The van der Waals surface area contributed by atoms with Crippen molar-refractivity contribution in [3.63, 3.8) is 0 Å². The van der Waals surface area contributed by atoms with E-state index in [0.717, 1.165) is 0 Å². The van der Waals surface area contributed by atoms with Crippen LogP contribution >= 0.6 is 47.0 Å². The van der Waals surface area contributed by atoms with Gasteiger partial charge >= 0.3 is 0 Å². The van der Waals surface area contributed by atoms with Crippen molar-refractivity contribution in [3.05, 3.63) is 20.6 Å². The van der Waals surface area contributed by atoms with Gasteiger partial charge in [0.1, 0.15) is 0 Å². The minimum atomic E-state index is -0.895. The molecule has 0 unspecified atom stereocenters. The Hall–Kier alpha value is 0.600. The van der Waals surface area contributed by atoms with Crippen molar-refractivity contribution in [2.75, 3.05) is 0 Å². The molecule has 2 aliphatic heterocycles.